The molecule has 0 aromatic carbocycles. The zero-order valence-corrected chi connectivity index (χ0v) is 10.5. The van der Waals surface area contributed by atoms with Gasteiger partial charge in [0.1, 0.15) is 11.9 Å². The van der Waals surface area contributed by atoms with Crippen LogP contribution in [0.15, 0.2) is 51.9 Å². The fraction of sp³-hybridized carbons (Fsp3) is 0.214. The normalized spacial score (nSPS) is 12.7. The van der Waals surface area contributed by atoms with Crippen molar-refractivity contribution in [3.05, 3.63) is 54.4 Å². The highest BCUT2D eigenvalue weighted by Gasteiger charge is 2.13. The van der Waals surface area contributed by atoms with Crippen molar-refractivity contribution in [2.75, 3.05) is 13.7 Å². The summed E-state index contributed by atoms with van der Waals surface area (Å²) < 4.78 is 15.4. The molecule has 2 heterocycles. The van der Waals surface area contributed by atoms with E-state index >= 15 is 0 Å². The largest absolute Gasteiger partial charge is 0.472 e. The highest BCUT2D eigenvalue weighted by molar-refractivity contribution is 5.91. The van der Waals surface area contributed by atoms with Crippen LogP contribution in [0.5, 0.6) is 0 Å². The molecule has 100 valence electrons. The van der Waals surface area contributed by atoms with Crippen molar-refractivity contribution in [3.8, 4) is 0 Å². The van der Waals surface area contributed by atoms with E-state index in [-0.39, 0.29) is 12.0 Å². The van der Waals surface area contributed by atoms with E-state index in [1.54, 1.807) is 44.1 Å². The van der Waals surface area contributed by atoms with Crippen molar-refractivity contribution in [3.63, 3.8) is 0 Å². The van der Waals surface area contributed by atoms with Crippen molar-refractivity contribution < 1.29 is 18.4 Å². The first-order chi connectivity index (χ1) is 9.29. The molecule has 1 unspecified atom stereocenters. The van der Waals surface area contributed by atoms with Crippen molar-refractivity contribution in [2.45, 2.75) is 6.10 Å². The number of carbonyl (C=O) groups excluding carboxylic acids is 1. The van der Waals surface area contributed by atoms with Crippen LogP contribution in [0.1, 0.15) is 17.4 Å². The predicted octanol–water partition coefficient (Wildman–Crippen LogP) is 2.39. The molecule has 2 aromatic heterocycles. The smallest absolute Gasteiger partial charge is 0.244 e. The van der Waals surface area contributed by atoms with E-state index in [1.807, 2.05) is 6.07 Å². The molecule has 0 fully saturated rings. The van der Waals surface area contributed by atoms with Crippen LogP contribution in [-0.2, 0) is 9.53 Å². The van der Waals surface area contributed by atoms with E-state index < -0.39 is 0 Å². The molecule has 0 saturated carbocycles. The third-order valence-corrected chi connectivity index (χ3v) is 2.58. The zero-order valence-electron chi connectivity index (χ0n) is 10.5. The molecule has 0 aliphatic rings. The number of hydrogen-bond acceptors (Lipinski definition) is 4. The van der Waals surface area contributed by atoms with Crippen molar-refractivity contribution in [2.24, 2.45) is 0 Å². The van der Waals surface area contributed by atoms with Gasteiger partial charge < -0.3 is 18.9 Å². The molecule has 0 saturated heterocycles. The van der Waals surface area contributed by atoms with Crippen molar-refractivity contribution in [1.82, 2.24) is 5.32 Å². The van der Waals surface area contributed by atoms with Gasteiger partial charge in [-0.25, -0.2) is 0 Å². The molecular formula is C14H15NO4. The molecule has 2 aromatic rings. The highest BCUT2D eigenvalue weighted by Crippen LogP contribution is 2.15. The molecule has 1 atom stereocenters. The fourth-order valence-electron chi connectivity index (χ4n) is 1.57. The Morgan fingerprint density at radius 3 is 3.00 bits per heavy atom. The number of ether oxygens (including phenoxy) is 1. The minimum absolute atomic E-state index is 0.199. The van der Waals surface area contributed by atoms with Crippen LogP contribution in [0.3, 0.4) is 0 Å². The molecular weight excluding hydrogens is 246 g/mol. The van der Waals surface area contributed by atoms with Crippen molar-refractivity contribution in [1.29, 1.82) is 0 Å². The van der Waals surface area contributed by atoms with Gasteiger partial charge in [0.2, 0.25) is 5.91 Å². The molecule has 5 nitrogen and oxygen atoms in total. The lowest BCUT2D eigenvalue weighted by Gasteiger charge is -2.12. The van der Waals surface area contributed by atoms with E-state index in [9.17, 15) is 4.79 Å². The minimum Gasteiger partial charge on any atom is -0.472 e. The maximum absolute atomic E-state index is 11.6. The van der Waals surface area contributed by atoms with E-state index in [1.165, 1.54) is 6.08 Å². The first-order valence-corrected chi connectivity index (χ1v) is 5.84. The Kier molecular flexibility index (Phi) is 4.58. The summed E-state index contributed by atoms with van der Waals surface area (Å²) in [6.07, 6.45) is 7.51. The van der Waals surface area contributed by atoms with E-state index in [4.69, 9.17) is 13.6 Å². The zero-order chi connectivity index (χ0) is 13.5. The quantitative estimate of drug-likeness (QED) is 0.811. The van der Waals surface area contributed by atoms with Gasteiger partial charge in [0, 0.05) is 18.7 Å². The molecule has 19 heavy (non-hydrogen) atoms. The van der Waals surface area contributed by atoms with Crippen LogP contribution in [0.4, 0.5) is 0 Å². The molecule has 1 amide bonds. The van der Waals surface area contributed by atoms with Crippen LogP contribution in [0, 0.1) is 0 Å². The Hall–Kier alpha value is -2.27. The van der Waals surface area contributed by atoms with Gasteiger partial charge in [0.05, 0.1) is 25.3 Å². The molecule has 5 heteroatoms. The topological polar surface area (TPSA) is 64.6 Å². The second kappa shape index (κ2) is 6.61. The van der Waals surface area contributed by atoms with Crippen molar-refractivity contribution >= 4 is 12.0 Å². The third-order valence-electron chi connectivity index (χ3n) is 2.58. The van der Waals surface area contributed by atoms with Gasteiger partial charge in [-0.1, -0.05) is 0 Å². The average Bonchev–Trinajstić information content (AvgIpc) is 3.10. The summed E-state index contributed by atoms with van der Waals surface area (Å²) in [5, 5.41) is 2.74. The molecule has 2 rings (SSSR count). The molecule has 0 bridgehead atoms. The van der Waals surface area contributed by atoms with Gasteiger partial charge in [0.15, 0.2) is 0 Å². The monoisotopic (exact) mass is 261 g/mol. The maximum atomic E-state index is 11.6. The fourth-order valence-corrected chi connectivity index (χ4v) is 1.57. The van der Waals surface area contributed by atoms with E-state index in [2.05, 4.69) is 5.32 Å². The molecule has 1 N–H and O–H groups in total. The van der Waals surface area contributed by atoms with Gasteiger partial charge in [0.25, 0.3) is 0 Å². The SMILES string of the molecule is COC(CNC(=O)/C=C/c1ccoc1)c1ccco1. The lowest BCUT2D eigenvalue weighted by molar-refractivity contribution is -0.117. The Morgan fingerprint density at radius 1 is 1.47 bits per heavy atom. The van der Waals surface area contributed by atoms with Crippen LogP contribution in [0.25, 0.3) is 6.08 Å². The van der Waals surface area contributed by atoms with Crippen LogP contribution in [-0.4, -0.2) is 19.6 Å². The number of nitrogens with one attached hydrogen (secondary N) is 1. The van der Waals surface area contributed by atoms with Crippen LogP contribution in [0.2, 0.25) is 0 Å². The number of rotatable bonds is 6. The predicted molar refractivity (Wildman–Crippen MR) is 69.2 cm³/mol. The Labute approximate surface area is 110 Å². The standard InChI is InChI=1S/C14H15NO4/c1-17-13(12-3-2-7-19-12)9-15-14(16)5-4-11-6-8-18-10-11/h2-8,10,13H,9H2,1H3,(H,15,16)/b5-4+. The number of amides is 1. The Morgan fingerprint density at radius 2 is 2.37 bits per heavy atom. The lowest BCUT2D eigenvalue weighted by atomic mass is 10.2. The molecule has 0 radical (unpaired) electrons. The second-order valence-electron chi connectivity index (χ2n) is 3.87. The Bertz CT molecular complexity index is 514. The lowest BCUT2D eigenvalue weighted by Crippen LogP contribution is -2.27. The summed E-state index contributed by atoms with van der Waals surface area (Å²) in [5.74, 6) is 0.483. The molecule has 0 aliphatic carbocycles. The van der Waals surface area contributed by atoms with Gasteiger partial charge in [-0.2, -0.15) is 0 Å². The maximum Gasteiger partial charge on any atom is 0.244 e. The number of methoxy groups -OCH3 is 1. The summed E-state index contributed by atoms with van der Waals surface area (Å²) in [5.41, 5.74) is 0.837. The molecule has 0 aliphatic heterocycles. The number of carbonyl (C=O) groups is 1. The van der Waals surface area contributed by atoms with Gasteiger partial charge in [-0.3, -0.25) is 4.79 Å². The number of furan rings is 2. The van der Waals surface area contributed by atoms with Crippen LogP contribution < -0.4 is 5.32 Å². The minimum atomic E-state index is -0.290. The van der Waals surface area contributed by atoms with Gasteiger partial charge in [-0.15, -0.1) is 0 Å². The second-order valence-corrected chi connectivity index (χ2v) is 3.87. The van der Waals surface area contributed by atoms with E-state index in [0.717, 1.165) is 5.56 Å². The van der Waals surface area contributed by atoms with Crippen LogP contribution >= 0.6 is 0 Å². The molecule has 0 spiro atoms. The summed E-state index contributed by atoms with van der Waals surface area (Å²) in [6.45, 7) is 0.346. The summed E-state index contributed by atoms with van der Waals surface area (Å²) in [4.78, 5) is 11.6. The average molecular weight is 261 g/mol. The summed E-state index contributed by atoms with van der Waals surface area (Å²) in [6, 6.07) is 5.36. The highest BCUT2D eigenvalue weighted by atomic mass is 16.5. The first kappa shape index (κ1) is 13.2. The summed E-state index contributed by atoms with van der Waals surface area (Å²) >= 11 is 0. The van der Waals surface area contributed by atoms with Gasteiger partial charge >= 0.3 is 0 Å². The third kappa shape index (κ3) is 3.86. The Balaban J connectivity index is 1.82. The first-order valence-electron chi connectivity index (χ1n) is 5.84. The summed E-state index contributed by atoms with van der Waals surface area (Å²) in [7, 11) is 1.57. The van der Waals surface area contributed by atoms with E-state index in [0.29, 0.717) is 12.3 Å². The van der Waals surface area contributed by atoms with Gasteiger partial charge in [-0.05, 0) is 24.3 Å². The number of hydrogen-bond donors (Lipinski definition) is 1.